The predicted molar refractivity (Wildman–Crippen MR) is 89.5 cm³/mol. The van der Waals surface area contributed by atoms with Gasteiger partial charge in [0, 0.05) is 23.7 Å². The number of allylic oxidation sites excluding steroid dienone is 1. The molecule has 24 heavy (non-hydrogen) atoms. The highest BCUT2D eigenvalue weighted by Gasteiger charge is 2.68. The Labute approximate surface area is 144 Å². The van der Waals surface area contributed by atoms with Gasteiger partial charge in [-0.15, -0.1) is 11.8 Å². The van der Waals surface area contributed by atoms with Crippen molar-refractivity contribution in [1.29, 1.82) is 0 Å². The van der Waals surface area contributed by atoms with Gasteiger partial charge in [-0.3, -0.25) is 4.79 Å². The lowest BCUT2D eigenvalue weighted by Gasteiger charge is -2.47. The molecule has 1 aromatic rings. The number of nitrogens with zero attached hydrogens (tertiary/aromatic N) is 1. The lowest BCUT2D eigenvalue weighted by Crippen LogP contribution is -2.56. The van der Waals surface area contributed by atoms with E-state index in [1.54, 1.807) is 0 Å². The van der Waals surface area contributed by atoms with E-state index in [-0.39, 0.29) is 5.92 Å². The van der Waals surface area contributed by atoms with Crippen LogP contribution in [0.1, 0.15) is 11.5 Å². The largest absolute Gasteiger partial charge is 0.468 e. The quantitative estimate of drug-likeness (QED) is 0.619. The van der Waals surface area contributed by atoms with E-state index >= 15 is 0 Å². The molecule has 0 aromatic heterocycles. The number of methoxy groups -OCH3 is 2. The fourth-order valence-electron chi connectivity index (χ4n) is 3.84. The van der Waals surface area contributed by atoms with Crippen LogP contribution in [0.4, 0.5) is 0 Å². The number of carbonyl (C=O) groups is 2. The van der Waals surface area contributed by atoms with E-state index in [0.717, 1.165) is 29.2 Å². The first kappa shape index (κ1) is 15.3. The first-order valence-corrected chi connectivity index (χ1v) is 8.56. The number of hydrogen-bond acceptors (Lipinski definition) is 6. The third-order valence-electron chi connectivity index (χ3n) is 4.85. The van der Waals surface area contributed by atoms with Crippen molar-refractivity contribution in [2.24, 2.45) is 0 Å². The van der Waals surface area contributed by atoms with E-state index in [0.29, 0.717) is 5.57 Å². The van der Waals surface area contributed by atoms with Crippen LogP contribution in [0.3, 0.4) is 0 Å². The van der Waals surface area contributed by atoms with Gasteiger partial charge in [-0.1, -0.05) is 30.4 Å². The minimum absolute atomic E-state index is 0.180. The van der Waals surface area contributed by atoms with E-state index in [2.05, 4.69) is 17.1 Å². The third-order valence-corrected chi connectivity index (χ3v) is 6.37. The summed E-state index contributed by atoms with van der Waals surface area (Å²) in [4.78, 5) is 28.4. The monoisotopic (exact) mass is 343 g/mol. The van der Waals surface area contributed by atoms with Crippen molar-refractivity contribution in [3.05, 3.63) is 53.3 Å². The molecule has 4 rings (SSSR count). The molecule has 0 saturated carbocycles. The Morgan fingerprint density at radius 3 is 2.54 bits per heavy atom. The van der Waals surface area contributed by atoms with Gasteiger partial charge in [0.2, 0.25) is 0 Å². The number of benzene rings is 1. The van der Waals surface area contributed by atoms with Crippen LogP contribution in [0.15, 0.2) is 52.6 Å². The van der Waals surface area contributed by atoms with E-state index in [9.17, 15) is 9.59 Å². The second-order valence-corrected chi connectivity index (χ2v) is 7.22. The van der Waals surface area contributed by atoms with Crippen LogP contribution in [0.25, 0.3) is 0 Å². The fraction of sp³-hybridized carbons (Fsp3) is 0.333. The molecule has 0 unspecified atom stereocenters. The Bertz CT molecular complexity index is 792. The van der Waals surface area contributed by atoms with Gasteiger partial charge in [0.25, 0.3) is 0 Å². The van der Waals surface area contributed by atoms with Crippen molar-refractivity contribution in [2.45, 2.75) is 15.6 Å². The molecule has 3 aliphatic rings. The van der Waals surface area contributed by atoms with Crippen LogP contribution in [0.2, 0.25) is 0 Å². The van der Waals surface area contributed by atoms with E-state index in [1.165, 1.54) is 26.0 Å². The summed E-state index contributed by atoms with van der Waals surface area (Å²) < 4.78 is 9.06. The molecule has 2 heterocycles. The predicted octanol–water partition coefficient (Wildman–Crippen LogP) is 2.10. The van der Waals surface area contributed by atoms with Crippen molar-refractivity contribution in [2.75, 3.05) is 27.3 Å². The Morgan fingerprint density at radius 2 is 1.88 bits per heavy atom. The molecule has 124 valence electrons. The molecule has 1 aromatic carbocycles. The van der Waals surface area contributed by atoms with E-state index in [1.807, 2.05) is 24.3 Å². The van der Waals surface area contributed by atoms with Gasteiger partial charge >= 0.3 is 11.9 Å². The molecular weight excluding hydrogens is 326 g/mol. The zero-order valence-corrected chi connectivity index (χ0v) is 14.3. The highest BCUT2D eigenvalue weighted by Crippen LogP contribution is 2.67. The van der Waals surface area contributed by atoms with Crippen molar-refractivity contribution in [3.8, 4) is 0 Å². The highest BCUT2D eigenvalue weighted by molar-refractivity contribution is 8.02. The molecule has 1 aliphatic carbocycles. The molecule has 2 atom stereocenters. The minimum atomic E-state index is -1.04. The number of ether oxygens (including phenoxy) is 2. The summed E-state index contributed by atoms with van der Waals surface area (Å²) in [5.74, 6) is -1.04. The third kappa shape index (κ3) is 1.77. The molecule has 0 spiro atoms. The Hall–Kier alpha value is -2.21. The average molecular weight is 343 g/mol. The van der Waals surface area contributed by atoms with Gasteiger partial charge < -0.3 is 14.4 Å². The topological polar surface area (TPSA) is 55.8 Å². The summed E-state index contributed by atoms with van der Waals surface area (Å²) in [6.45, 7) is 1.47. The molecular formula is C18H17NO4S. The SMILES string of the molecule is COC(=O)C1=C(N2CC=CC2)[C@H]2c3ccccc3S[C@@]12C(=O)OC. The zero-order chi connectivity index (χ0) is 16.9. The molecule has 0 bridgehead atoms. The first-order chi connectivity index (χ1) is 11.6. The smallest absolute Gasteiger partial charge is 0.337 e. The van der Waals surface area contributed by atoms with Gasteiger partial charge in [-0.2, -0.15) is 0 Å². The summed E-state index contributed by atoms with van der Waals surface area (Å²) in [5, 5.41) is 0. The maximum atomic E-state index is 12.7. The van der Waals surface area contributed by atoms with Gasteiger partial charge in [0.15, 0.2) is 4.75 Å². The van der Waals surface area contributed by atoms with E-state index < -0.39 is 16.7 Å². The number of esters is 2. The van der Waals surface area contributed by atoms with Crippen molar-refractivity contribution >= 4 is 23.7 Å². The van der Waals surface area contributed by atoms with Gasteiger partial charge in [-0.25, -0.2) is 4.79 Å². The number of carbonyl (C=O) groups excluding carboxylic acids is 2. The lowest BCUT2D eigenvalue weighted by molar-refractivity contribution is -0.147. The molecule has 0 fully saturated rings. The number of rotatable bonds is 3. The maximum absolute atomic E-state index is 12.7. The van der Waals surface area contributed by atoms with E-state index in [4.69, 9.17) is 9.47 Å². The van der Waals surface area contributed by atoms with Gasteiger partial charge in [0.05, 0.1) is 25.7 Å². The normalized spacial score (nSPS) is 26.8. The standard InChI is InChI=1S/C18H17NO4S/c1-22-16(20)14-15(19-9-5-6-10-19)13-11-7-3-4-8-12(11)24-18(13,14)17(21)23-2/h3-8,13H,9-10H2,1-2H3/t13-,18-/m1/s1. The van der Waals surface area contributed by atoms with Crippen LogP contribution in [0, 0.1) is 0 Å². The number of fused-ring (bicyclic) bond motifs is 3. The lowest BCUT2D eigenvalue weighted by atomic mass is 9.66. The zero-order valence-electron chi connectivity index (χ0n) is 13.4. The molecule has 5 nitrogen and oxygen atoms in total. The fourth-order valence-corrected chi connectivity index (χ4v) is 5.45. The Morgan fingerprint density at radius 1 is 1.17 bits per heavy atom. The second kappa shape index (κ2) is 5.41. The molecule has 0 N–H and O–H groups in total. The van der Waals surface area contributed by atoms with Crippen LogP contribution < -0.4 is 0 Å². The van der Waals surface area contributed by atoms with Crippen LogP contribution >= 0.6 is 11.8 Å². The molecule has 2 aliphatic heterocycles. The number of thioether (sulfide) groups is 1. The van der Waals surface area contributed by atoms with Crippen molar-refractivity contribution < 1.29 is 19.1 Å². The molecule has 0 saturated heterocycles. The van der Waals surface area contributed by atoms with Crippen LogP contribution in [0.5, 0.6) is 0 Å². The highest BCUT2D eigenvalue weighted by atomic mass is 32.2. The summed E-state index contributed by atoms with van der Waals surface area (Å²) in [7, 11) is 2.71. The summed E-state index contributed by atoms with van der Waals surface area (Å²) >= 11 is 1.40. The summed E-state index contributed by atoms with van der Waals surface area (Å²) in [5.41, 5.74) is 2.38. The molecule has 0 radical (unpaired) electrons. The van der Waals surface area contributed by atoms with Gasteiger partial charge in [0.1, 0.15) is 0 Å². The summed E-state index contributed by atoms with van der Waals surface area (Å²) in [6, 6.07) is 7.91. The van der Waals surface area contributed by atoms with Crippen LogP contribution in [-0.4, -0.2) is 48.9 Å². The Kier molecular flexibility index (Phi) is 3.46. The molecule has 0 amide bonds. The summed E-state index contributed by atoms with van der Waals surface area (Å²) in [6.07, 6.45) is 4.13. The maximum Gasteiger partial charge on any atom is 0.337 e. The Balaban J connectivity index is 1.92. The van der Waals surface area contributed by atoms with Gasteiger partial charge in [-0.05, 0) is 11.6 Å². The average Bonchev–Trinajstić information content (AvgIpc) is 3.20. The first-order valence-electron chi connectivity index (χ1n) is 7.74. The molecule has 6 heteroatoms. The second-order valence-electron chi connectivity index (χ2n) is 5.93. The van der Waals surface area contributed by atoms with Crippen molar-refractivity contribution in [1.82, 2.24) is 4.90 Å². The minimum Gasteiger partial charge on any atom is -0.468 e. The van der Waals surface area contributed by atoms with Crippen molar-refractivity contribution in [3.63, 3.8) is 0 Å². The number of hydrogen-bond donors (Lipinski definition) is 0. The van der Waals surface area contributed by atoms with Crippen LogP contribution in [-0.2, 0) is 19.1 Å².